The Hall–Kier alpha value is -1.56. The van der Waals surface area contributed by atoms with Gasteiger partial charge in [0.25, 0.3) is 0 Å². The average molecular weight is 310 g/mol. The van der Waals surface area contributed by atoms with Gasteiger partial charge in [0.15, 0.2) is 9.84 Å². The second-order valence-corrected chi connectivity index (χ2v) is 8.48. The molecule has 2 N–H and O–H groups in total. The molecule has 2 rings (SSSR count). The van der Waals surface area contributed by atoms with Gasteiger partial charge in [-0.05, 0) is 38.5 Å². The molecule has 1 unspecified atom stereocenters. The van der Waals surface area contributed by atoms with Gasteiger partial charge < -0.3 is 15.5 Å². The second kappa shape index (κ2) is 5.67. The molecule has 1 aliphatic rings. The largest absolute Gasteiger partial charge is 0.493 e. The van der Waals surface area contributed by atoms with Crippen LogP contribution in [0.15, 0.2) is 18.2 Å². The number of nitrogens with one attached hydrogen (secondary N) is 2. The molecule has 5 nitrogen and oxygen atoms in total. The molecule has 0 aliphatic carbocycles. The van der Waals surface area contributed by atoms with Gasteiger partial charge in [-0.25, -0.2) is 8.42 Å². The maximum atomic E-state index is 12.5. The summed E-state index contributed by atoms with van der Waals surface area (Å²) < 4.78 is 29.5. The average Bonchev–Trinajstić information content (AvgIpc) is 2.46. The van der Waals surface area contributed by atoms with Crippen molar-refractivity contribution in [2.75, 3.05) is 24.7 Å². The van der Waals surface area contributed by atoms with Crippen LogP contribution in [0.4, 0.5) is 5.69 Å². The van der Waals surface area contributed by atoms with Crippen molar-refractivity contribution in [1.82, 2.24) is 0 Å². The summed E-state index contributed by atoms with van der Waals surface area (Å²) in [5, 5.41) is 10.4. The van der Waals surface area contributed by atoms with Crippen molar-refractivity contribution < 1.29 is 13.2 Å². The van der Waals surface area contributed by atoms with E-state index in [1.54, 1.807) is 13.8 Å². The molecule has 1 heterocycles. The molecule has 1 atom stereocenters. The Morgan fingerprint density at radius 1 is 1.48 bits per heavy atom. The van der Waals surface area contributed by atoms with Crippen LogP contribution < -0.4 is 10.1 Å². The quantitative estimate of drug-likeness (QED) is 0.819. The fourth-order valence-corrected chi connectivity index (χ4v) is 3.85. The Kier molecular flexibility index (Phi) is 4.27. The van der Waals surface area contributed by atoms with Gasteiger partial charge in [0.1, 0.15) is 10.5 Å². The lowest BCUT2D eigenvalue weighted by molar-refractivity contribution is 0.272. The van der Waals surface area contributed by atoms with Gasteiger partial charge in [-0.3, -0.25) is 0 Å². The molecule has 0 spiro atoms. The highest BCUT2D eigenvalue weighted by Crippen LogP contribution is 2.37. The molecule has 0 radical (unpaired) electrons. The van der Waals surface area contributed by atoms with Crippen LogP contribution in [0, 0.1) is 5.41 Å². The van der Waals surface area contributed by atoms with E-state index in [1.165, 1.54) is 0 Å². The van der Waals surface area contributed by atoms with Gasteiger partial charge in [-0.2, -0.15) is 0 Å². The standard InChI is InChI=1S/C15H22N2O3S/c1-15(2,10-16)21(18,19)9-11-6-7-20-14-5-4-12(17-3)8-13(11)14/h4-5,8,10-11,16-17H,6-7,9H2,1-3H3. The lowest BCUT2D eigenvalue weighted by atomic mass is 9.94. The molecule has 1 aromatic carbocycles. The predicted octanol–water partition coefficient (Wildman–Crippen LogP) is 2.44. The van der Waals surface area contributed by atoms with Gasteiger partial charge in [0.05, 0.1) is 12.4 Å². The monoisotopic (exact) mass is 310 g/mol. The molecular formula is C15H22N2O3S. The van der Waals surface area contributed by atoms with E-state index in [2.05, 4.69) is 5.32 Å². The van der Waals surface area contributed by atoms with Crippen LogP contribution in [0.2, 0.25) is 0 Å². The topological polar surface area (TPSA) is 79.3 Å². The van der Waals surface area contributed by atoms with Crippen LogP contribution in [0.1, 0.15) is 31.7 Å². The van der Waals surface area contributed by atoms with Gasteiger partial charge >= 0.3 is 0 Å². The number of rotatable bonds is 5. The zero-order valence-electron chi connectivity index (χ0n) is 12.6. The normalized spacial score (nSPS) is 18.5. The Balaban J connectivity index is 2.34. The molecule has 0 fully saturated rings. The Morgan fingerprint density at radius 2 is 2.19 bits per heavy atom. The number of anilines is 1. The molecule has 6 heteroatoms. The highest BCUT2D eigenvalue weighted by Gasteiger charge is 2.36. The summed E-state index contributed by atoms with van der Waals surface area (Å²) in [6.07, 6.45) is 1.68. The van der Waals surface area contributed by atoms with Crippen LogP contribution in [0.25, 0.3) is 0 Å². The van der Waals surface area contributed by atoms with Crippen LogP contribution in [-0.4, -0.2) is 38.8 Å². The smallest absolute Gasteiger partial charge is 0.161 e. The lowest BCUT2D eigenvalue weighted by Gasteiger charge is -2.29. The van der Waals surface area contributed by atoms with E-state index in [-0.39, 0.29) is 11.7 Å². The minimum Gasteiger partial charge on any atom is -0.493 e. The van der Waals surface area contributed by atoms with Crippen molar-refractivity contribution >= 4 is 21.7 Å². The summed E-state index contributed by atoms with van der Waals surface area (Å²) in [5.74, 6) is 0.707. The van der Waals surface area contributed by atoms with Crippen molar-refractivity contribution in [3.8, 4) is 5.75 Å². The van der Waals surface area contributed by atoms with E-state index in [1.807, 2.05) is 25.2 Å². The number of hydrogen-bond acceptors (Lipinski definition) is 5. The zero-order valence-corrected chi connectivity index (χ0v) is 13.5. The fourth-order valence-electron chi connectivity index (χ4n) is 2.36. The summed E-state index contributed by atoms with van der Waals surface area (Å²) in [5.41, 5.74) is 1.87. The summed E-state index contributed by atoms with van der Waals surface area (Å²) in [6.45, 7) is 3.66. The molecule has 1 aromatic rings. The summed E-state index contributed by atoms with van der Waals surface area (Å²) in [4.78, 5) is 0. The second-order valence-electron chi connectivity index (χ2n) is 5.87. The van der Waals surface area contributed by atoms with Crippen molar-refractivity contribution in [3.63, 3.8) is 0 Å². The first kappa shape index (κ1) is 15.8. The number of benzene rings is 1. The molecule has 116 valence electrons. The molecule has 0 saturated carbocycles. The van der Waals surface area contributed by atoms with Crippen molar-refractivity contribution in [2.45, 2.75) is 30.9 Å². The van der Waals surface area contributed by atoms with E-state index < -0.39 is 14.6 Å². The Morgan fingerprint density at radius 3 is 2.81 bits per heavy atom. The highest BCUT2D eigenvalue weighted by molar-refractivity contribution is 7.93. The van der Waals surface area contributed by atoms with E-state index in [9.17, 15) is 8.42 Å². The van der Waals surface area contributed by atoms with Crippen molar-refractivity contribution in [1.29, 1.82) is 5.41 Å². The first-order valence-electron chi connectivity index (χ1n) is 6.99. The van der Waals surface area contributed by atoms with E-state index in [4.69, 9.17) is 10.1 Å². The zero-order chi connectivity index (χ0) is 15.7. The number of sulfone groups is 1. The van der Waals surface area contributed by atoms with Crippen LogP contribution in [0.3, 0.4) is 0 Å². The third kappa shape index (κ3) is 3.05. The summed E-state index contributed by atoms with van der Waals surface area (Å²) >= 11 is 0. The summed E-state index contributed by atoms with van der Waals surface area (Å²) in [6, 6.07) is 5.74. The van der Waals surface area contributed by atoms with Crippen LogP contribution in [0.5, 0.6) is 5.75 Å². The van der Waals surface area contributed by atoms with Crippen molar-refractivity contribution in [3.05, 3.63) is 23.8 Å². The van der Waals surface area contributed by atoms with Crippen LogP contribution >= 0.6 is 0 Å². The minimum absolute atomic E-state index is 0.0406. The molecule has 0 saturated heterocycles. The molecule has 0 amide bonds. The van der Waals surface area contributed by atoms with Gasteiger partial charge in [0, 0.05) is 30.4 Å². The van der Waals surface area contributed by atoms with E-state index in [0.717, 1.165) is 23.2 Å². The number of ether oxygens (including phenoxy) is 1. The predicted molar refractivity (Wildman–Crippen MR) is 85.5 cm³/mol. The van der Waals surface area contributed by atoms with E-state index in [0.29, 0.717) is 13.0 Å². The van der Waals surface area contributed by atoms with Crippen LogP contribution in [-0.2, 0) is 9.84 Å². The molecule has 0 aromatic heterocycles. The van der Waals surface area contributed by atoms with Gasteiger partial charge in [-0.1, -0.05) is 0 Å². The Labute approximate surface area is 126 Å². The molecule has 1 aliphatic heterocycles. The van der Waals surface area contributed by atoms with E-state index >= 15 is 0 Å². The van der Waals surface area contributed by atoms with Gasteiger partial charge in [0.2, 0.25) is 0 Å². The third-order valence-electron chi connectivity index (χ3n) is 4.03. The Bertz CT molecular complexity index is 638. The maximum absolute atomic E-state index is 12.5. The van der Waals surface area contributed by atoms with Crippen molar-refractivity contribution in [2.24, 2.45) is 0 Å². The fraction of sp³-hybridized carbons (Fsp3) is 0.533. The molecular weight excluding hydrogens is 288 g/mol. The SMILES string of the molecule is CNc1ccc2c(c1)C(CS(=O)(=O)C(C)(C)C=N)CCO2. The first-order valence-corrected chi connectivity index (χ1v) is 8.64. The number of fused-ring (bicyclic) bond motifs is 1. The minimum atomic E-state index is -3.39. The highest BCUT2D eigenvalue weighted by atomic mass is 32.2. The third-order valence-corrected chi connectivity index (χ3v) is 6.59. The number of hydrogen-bond donors (Lipinski definition) is 2. The molecule has 0 bridgehead atoms. The lowest BCUT2D eigenvalue weighted by Crippen LogP contribution is -2.37. The summed E-state index contributed by atoms with van der Waals surface area (Å²) in [7, 11) is -1.56. The first-order chi connectivity index (χ1) is 9.80. The maximum Gasteiger partial charge on any atom is 0.161 e. The molecule has 21 heavy (non-hydrogen) atoms. The van der Waals surface area contributed by atoms with Gasteiger partial charge in [-0.15, -0.1) is 0 Å².